The Balaban J connectivity index is 1.90. The first-order valence-electron chi connectivity index (χ1n) is 6.30. The molecule has 0 bridgehead atoms. The Hall–Kier alpha value is -0.925. The van der Waals surface area contributed by atoms with Gasteiger partial charge in [-0.3, -0.25) is 0 Å². The Morgan fingerprint density at radius 3 is 2.65 bits per heavy atom. The van der Waals surface area contributed by atoms with Gasteiger partial charge in [0.05, 0.1) is 0 Å². The van der Waals surface area contributed by atoms with Crippen molar-refractivity contribution in [2.45, 2.75) is 32.5 Å². The van der Waals surface area contributed by atoms with Crippen molar-refractivity contribution in [3.63, 3.8) is 0 Å². The maximum absolute atomic E-state index is 6.00. The monoisotopic (exact) mass is 226 g/mol. The van der Waals surface area contributed by atoms with Gasteiger partial charge >= 0.3 is 101 Å². The summed E-state index contributed by atoms with van der Waals surface area (Å²) in [4.78, 5) is 0. The fourth-order valence-electron chi connectivity index (χ4n) is 3.51. The summed E-state index contributed by atoms with van der Waals surface area (Å²) < 4.78 is 12.0. The van der Waals surface area contributed by atoms with E-state index in [1.165, 1.54) is 33.2 Å². The predicted octanol–water partition coefficient (Wildman–Crippen LogP) is 1.94. The number of allylic oxidation sites excluding steroid dienone is 3. The van der Waals surface area contributed by atoms with Crippen LogP contribution in [0.2, 0.25) is 0 Å². The van der Waals surface area contributed by atoms with Gasteiger partial charge in [0.2, 0.25) is 0 Å². The van der Waals surface area contributed by atoms with Gasteiger partial charge in [-0.2, -0.15) is 0 Å². The van der Waals surface area contributed by atoms with Crippen molar-refractivity contribution in [1.29, 1.82) is 0 Å². The molecule has 86 valence electrons. The van der Waals surface area contributed by atoms with E-state index in [-0.39, 0.29) is 0 Å². The summed E-state index contributed by atoms with van der Waals surface area (Å²) in [7, 11) is 0. The third-order valence-electron chi connectivity index (χ3n) is 4.11. The first kappa shape index (κ1) is 10.0. The van der Waals surface area contributed by atoms with Gasteiger partial charge in [0, 0.05) is 0 Å². The van der Waals surface area contributed by atoms with E-state index in [1.54, 1.807) is 0 Å². The summed E-state index contributed by atoms with van der Waals surface area (Å²) in [5.41, 5.74) is 8.33. The van der Waals surface area contributed by atoms with Crippen LogP contribution in [0.15, 0.2) is 33.8 Å². The van der Waals surface area contributed by atoms with Crippen LogP contribution in [0.4, 0.5) is 0 Å². The van der Waals surface area contributed by atoms with E-state index in [0.717, 1.165) is 12.8 Å². The molecule has 0 aromatic heterocycles. The number of ether oxygens (including phenoxy) is 2. The van der Waals surface area contributed by atoms with Gasteiger partial charge in [-0.1, -0.05) is 0 Å². The molecule has 3 heteroatoms. The molecule has 1 fully saturated rings. The molecule has 0 aromatic carbocycles. The van der Waals surface area contributed by atoms with E-state index in [4.69, 9.17) is 9.47 Å². The molecule has 2 aliphatic carbocycles. The second kappa shape index (κ2) is 3.09. The van der Waals surface area contributed by atoms with Crippen LogP contribution >= 0.6 is 0 Å². The standard InChI is InChI=1S/C14H15BO2/c1-8-5-10-11-7-9(2)15-13(11)14(12(10)6-8)16-3-4-17-14/h6H,3-5,7H2,1-2H3. The number of fused-ring (bicyclic) bond motifs is 3. The van der Waals surface area contributed by atoms with E-state index in [9.17, 15) is 0 Å². The average Bonchev–Trinajstić information content (AvgIpc) is 2.96. The minimum absolute atomic E-state index is 0.541. The van der Waals surface area contributed by atoms with Crippen molar-refractivity contribution in [3.05, 3.63) is 33.8 Å². The fraction of sp³-hybridized carbons (Fsp3) is 0.500. The minimum atomic E-state index is -0.541. The molecule has 17 heavy (non-hydrogen) atoms. The Morgan fingerprint density at radius 2 is 1.88 bits per heavy atom. The van der Waals surface area contributed by atoms with Gasteiger partial charge < -0.3 is 0 Å². The predicted molar refractivity (Wildman–Crippen MR) is 68.1 cm³/mol. The molecule has 2 aliphatic heterocycles. The van der Waals surface area contributed by atoms with Crippen molar-refractivity contribution in [1.82, 2.24) is 0 Å². The molecule has 2 nitrogen and oxygen atoms in total. The second-order valence-electron chi connectivity index (χ2n) is 5.43. The van der Waals surface area contributed by atoms with Crippen LogP contribution in [0, 0.1) is 0 Å². The van der Waals surface area contributed by atoms with Gasteiger partial charge in [0.15, 0.2) is 0 Å². The average molecular weight is 226 g/mol. The van der Waals surface area contributed by atoms with Crippen LogP contribution in [-0.4, -0.2) is 31.4 Å². The van der Waals surface area contributed by atoms with Crippen molar-refractivity contribution >= 4 is 12.4 Å². The Labute approximate surface area is 102 Å². The molecule has 1 saturated heterocycles. The second-order valence-corrected chi connectivity index (χ2v) is 5.43. The third kappa shape index (κ3) is 1.12. The van der Waals surface area contributed by atoms with Gasteiger partial charge in [0.25, 0.3) is 0 Å². The zero-order chi connectivity index (χ0) is 11.6. The summed E-state index contributed by atoms with van der Waals surface area (Å²) in [6.45, 7) is 8.05. The SMILES string of the molecule is CC1=BC2=C(C1)C1=C(C=C(C)C1)C21OCCO1. The van der Waals surface area contributed by atoms with Crippen molar-refractivity contribution < 1.29 is 9.47 Å². The number of hydrogen-bond acceptors (Lipinski definition) is 2. The van der Waals surface area contributed by atoms with Crippen LogP contribution in [-0.2, 0) is 9.47 Å². The van der Waals surface area contributed by atoms with Gasteiger partial charge in [-0.25, -0.2) is 0 Å². The summed E-state index contributed by atoms with van der Waals surface area (Å²) in [5.74, 6) is -0.541. The van der Waals surface area contributed by atoms with Gasteiger partial charge in [-0.15, -0.1) is 0 Å². The first-order valence-corrected chi connectivity index (χ1v) is 6.30. The normalized spacial score (nSPS) is 28.6. The van der Waals surface area contributed by atoms with Crippen molar-refractivity contribution in [3.8, 4) is 0 Å². The topological polar surface area (TPSA) is 18.5 Å². The molecule has 0 radical (unpaired) electrons. The van der Waals surface area contributed by atoms with Crippen LogP contribution in [0.3, 0.4) is 0 Å². The quantitative estimate of drug-likeness (QED) is 0.587. The fourth-order valence-corrected chi connectivity index (χ4v) is 3.51. The van der Waals surface area contributed by atoms with Crippen molar-refractivity contribution in [2.75, 3.05) is 13.2 Å². The van der Waals surface area contributed by atoms with E-state index in [1.807, 2.05) is 0 Å². The van der Waals surface area contributed by atoms with Crippen molar-refractivity contribution in [2.24, 2.45) is 0 Å². The molecule has 0 aromatic rings. The summed E-state index contributed by atoms with van der Waals surface area (Å²) in [6, 6.07) is 0. The van der Waals surface area contributed by atoms with Crippen LogP contribution < -0.4 is 0 Å². The molecule has 1 spiro atoms. The molecule has 0 amide bonds. The summed E-state index contributed by atoms with van der Waals surface area (Å²) in [6.07, 6.45) is 4.41. The molecule has 4 aliphatic rings. The molecular weight excluding hydrogens is 211 g/mol. The molecule has 0 saturated carbocycles. The number of rotatable bonds is 0. The molecule has 2 heterocycles. The third-order valence-corrected chi connectivity index (χ3v) is 4.11. The summed E-state index contributed by atoms with van der Waals surface area (Å²) in [5, 5.41) is 0. The zero-order valence-electron chi connectivity index (χ0n) is 10.3. The Bertz CT molecular complexity index is 499. The molecule has 0 atom stereocenters. The Kier molecular flexibility index (Phi) is 1.83. The summed E-state index contributed by atoms with van der Waals surface area (Å²) >= 11 is 0. The van der Waals surface area contributed by atoms with Crippen LogP contribution in [0.1, 0.15) is 26.7 Å². The Morgan fingerprint density at radius 1 is 1.12 bits per heavy atom. The maximum atomic E-state index is 6.00. The zero-order valence-corrected chi connectivity index (χ0v) is 10.3. The van der Waals surface area contributed by atoms with E-state index >= 15 is 0 Å². The van der Waals surface area contributed by atoms with Gasteiger partial charge in [-0.05, 0) is 0 Å². The molecule has 0 unspecified atom stereocenters. The number of hydrogen-bond donors (Lipinski definition) is 0. The van der Waals surface area contributed by atoms with Crippen LogP contribution in [0.25, 0.3) is 0 Å². The molecule has 4 rings (SSSR count). The van der Waals surface area contributed by atoms with Crippen LogP contribution in [0.5, 0.6) is 0 Å². The van der Waals surface area contributed by atoms with E-state index in [2.05, 4.69) is 26.8 Å². The van der Waals surface area contributed by atoms with E-state index in [0.29, 0.717) is 13.2 Å². The first-order chi connectivity index (χ1) is 8.21. The molecular formula is C14H15BO2. The van der Waals surface area contributed by atoms with Gasteiger partial charge in [0.1, 0.15) is 0 Å². The van der Waals surface area contributed by atoms with E-state index < -0.39 is 5.79 Å². The molecule has 0 N–H and O–H groups in total.